The van der Waals surface area contributed by atoms with E-state index in [4.69, 9.17) is 23.7 Å². The van der Waals surface area contributed by atoms with E-state index in [9.17, 15) is 4.79 Å². The number of hydrogen-bond acceptors (Lipinski definition) is 10. The molecule has 4 aromatic carbocycles. The Morgan fingerprint density at radius 2 is 1.48 bits per heavy atom. The third-order valence-corrected chi connectivity index (χ3v) is 7.66. The predicted molar refractivity (Wildman–Crippen MR) is 177 cm³/mol. The van der Waals surface area contributed by atoms with E-state index in [1.54, 1.807) is 52.9 Å². The van der Waals surface area contributed by atoms with Crippen molar-refractivity contribution in [3.8, 4) is 45.8 Å². The number of para-hydroxylation sites is 1. The maximum atomic E-state index is 12.8. The summed E-state index contributed by atoms with van der Waals surface area (Å²) in [6, 6.07) is 28.5. The number of thioether (sulfide) groups is 1. The first kappa shape index (κ1) is 31.9. The van der Waals surface area contributed by atoms with E-state index in [-0.39, 0.29) is 11.7 Å². The predicted octanol–water partition coefficient (Wildman–Crippen LogP) is 5.79. The minimum atomic E-state index is -0.312. The zero-order valence-corrected chi connectivity index (χ0v) is 26.6. The Bertz CT molecular complexity index is 1770. The Morgan fingerprint density at radius 3 is 2.13 bits per heavy atom. The average Bonchev–Trinajstić information content (AvgIpc) is 3.54. The smallest absolute Gasteiger partial charge is 0.250 e. The number of nitrogens with zero attached hydrogens (tertiary/aromatic N) is 4. The number of rotatable bonds is 14. The summed E-state index contributed by atoms with van der Waals surface area (Å²) in [6.45, 7) is 0.417. The van der Waals surface area contributed by atoms with Gasteiger partial charge in [0.25, 0.3) is 5.91 Å². The van der Waals surface area contributed by atoms with Crippen molar-refractivity contribution in [3.63, 3.8) is 0 Å². The van der Waals surface area contributed by atoms with E-state index in [1.165, 1.54) is 11.8 Å². The van der Waals surface area contributed by atoms with Crippen molar-refractivity contribution in [2.75, 3.05) is 34.2 Å². The van der Waals surface area contributed by atoms with Crippen LogP contribution in [0.25, 0.3) is 17.1 Å². The third-order valence-electron chi connectivity index (χ3n) is 6.73. The fourth-order valence-corrected chi connectivity index (χ4v) is 5.27. The Hall–Kier alpha value is -5.49. The number of amides is 1. The molecule has 1 aromatic heterocycles. The van der Waals surface area contributed by atoms with Gasteiger partial charge in [0, 0.05) is 11.3 Å². The summed E-state index contributed by atoms with van der Waals surface area (Å²) in [5.74, 6) is 2.88. The monoisotopic (exact) mass is 639 g/mol. The third kappa shape index (κ3) is 7.59. The van der Waals surface area contributed by atoms with Crippen LogP contribution in [-0.2, 0) is 11.4 Å². The highest BCUT2D eigenvalue weighted by molar-refractivity contribution is 7.99. The molecule has 0 aliphatic rings. The highest BCUT2D eigenvalue weighted by Gasteiger charge is 2.21. The van der Waals surface area contributed by atoms with Crippen molar-refractivity contribution in [2.45, 2.75) is 11.8 Å². The van der Waals surface area contributed by atoms with Gasteiger partial charge in [-0.2, -0.15) is 5.10 Å². The second-order valence-corrected chi connectivity index (χ2v) is 10.6. The van der Waals surface area contributed by atoms with Crippen molar-refractivity contribution >= 4 is 23.9 Å². The fourth-order valence-electron chi connectivity index (χ4n) is 4.53. The van der Waals surface area contributed by atoms with E-state index in [2.05, 4.69) is 20.7 Å². The quantitative estimate of drug-likeness (QED) is 0.0915. The Kier molecular flexibility index (Phi) is 10.7. The van der Waals surface area contributed by atoms with Gasteiger partial charge in [-0.25, -0.2) is 5.43 Å². The molecule has 0 atom stereocenters. The largest absolute Gasteiger partial charge is 0.493 e. The molecule has 1 heterocycles. The molecule has 1 amide bonds. The SMILES string of the molecule is COc1cc(/C=N/NC(=O)CSc2nnc(-c3cc(OC)c(OC)c(OC)c3)n2-c2ccccc2)ccc1OCc1ccccc1. The lowest BCUT2D eigenvalue weighted by Crippen LogP contribution is -2.20. The number of benzene rings is 4. The first-order valence-corrected chi connectivity index (χ1v) is 15.1. The summed E-state index contributed by atoms with van der Waals surface area (Å²) in [5.41, 5.74) is 5.87. The van der Waals surface area contributed by atoms with Crippen LogP contribution in [0, 0.1) is 0 Å². The number of ether oxygens (including phenoxy) is 5. The van der Waals surface area contributed by atoms with Gasteiger partial charge in [-0.1, -0.05) is 60.3 Å². The van der Waals surface area contributed by atoms with Gasteiger partial charge in [-0.3, -0.25) is 9.36 Å². The molecule has 0 saturated heterocycles. The molecule has 0 saturated carbocycles. The minimum Gasteiger partial charge on any atom is -0.493 e. The molecule has 0 bridgehead atoms. The van der Waals surface area contributed by atoms with Gasteiger partial charge >= 0.3 is 0 Å². The second kappa shape index (κ2) is 15.5. The van der Waals surface area contributed by atoms with E-state index >= 15 is 0 Å². The molecule has 5 rings (SSSR count). The summed E-state index contributed by atoms with van der Waals surface area (Å²) in [5, 5.41) is 13.5. The van der Waals surface area contributed by atoms with Gasteiger partial charge in [-0.05, 0) is 53.6 Å². The molecule has 11 nitrogen and oxygen atoms in total. The summed E-state index contributed by atoms with van der Waals surface area (Å²) in [7, 11) is 6.23. The lowest BCUT2D eigenvalue weighted by atomic mass is 10.1. The van der Waals surface area contributed by atoms with Crippen LogP contribution >= 0.6 is 11.8 Å². The maximum absolute atomic E-state index is 12.8. The number of carbonyl (C=O) groups excluding carboxylic acids is 1. The van der Waals surface area contributed by atoms with E-state index in [0.717, 1.165) is 16.8 Å². The molecule has 1 N–H and O–H groups in total. The van der Waals surface area contributed by atoms with Gasteiger partial charge in [0.2, 0.25) is 5.75 Å². The summed E-state index contributed by atoms with van der Waals surface area (Å²) < 4.78 is 29.8. The zero-order valence-electron chi connectivity index (χ0n) is 25.8. The molecule has 0 aliphatic heterocycles. The van der Waals surface area contributed by atoms with Crippen LogP contribution in [-0.4, -0.2) is 61.1 Å². The van der Waals surface area contributed by atoms with E-state index in [1.807, 2.05) is 77.4 Å². The number of nitrogens with one attached hydrogen (secondary N) is 1. The van der Waals surface area contributed by atoms with Gasteiger partial charge < -0.3 is 23.7 Å². The van der Waals surface area contributed by atoms with Crippen molar-refractivity contribution in [1.29, 1.82) is 0 Å². The highest BCUT2D eigenvalue weighted by Crippen LogP contribution is 2.41. The van der Waals surface area contributed by atoms with Crippen molar-refractivity contribution in [1.82, 2.24) is 20.2 Å². The second-order valence-electron chi connectivity index (χ2n) is 9.66. The van der Waals surface area contributed by atoms with E-state index in [0.29, 0.717) is 51.9 Å². The summed E-state index contributed by atoms with van der Waals surface area (Å²) in [6.07, 6.45) is 1.54. The Balaban J connectivity index is 1.27. The standard InChI is InChI=1S/C34H33N5O6S/c1-41-28-17-24(15-16-27(28)45-21-23-11-7-5-8-12-23)20-35-36-31(40)22-46-34-38-37-33(39(34)26-13-9-6-10-14-26)25-18-29(42-2)32(44-4)30(19-25)43-3/h5-20H,21-22H2,1-4H3,(H,36,40)/b35-20+. The maximum Gasteiger partial charge on any atom is 0.250 e. The highest BCUT2D eigenvalue weighted by atomic mass is 32.2. The molecule has 0 unspecified atom stereocenters. The number of aromatic nitrogens is 3. The Morgan fingerprint density at radius 1 is 0.804 bits per heavy atom. The number of carbonyl (C=O) groups is 1. The van der Waals surface area contributed by atoms with Gasteiger partial charge in [0.1, 0.15) is 6.61 Å². The fraction of sp³-hybridized carbons (Fsp3) is 0.176. The van der Waals surface area contributed by atoms with Gasteiger partial charge in [0.15, 0.2) is 34.0 Å². The number of hydrazone groups is 1. The van der Waals surface area contributed by atoms with Crippen LogP contribution in [0.1, 0.15) is 11.1 Å². The van der Waals surface area contributed by atoms with Crippen molar-refractivity contribution in [3.05, 3.63) is 102 Å². The first-order valence-electron chi connectivity index (χ1n) is 14.1. The molecule has 5 aromatic rings. The molecule has 236 valence electrons. The average molecular weight is 640 g/mol. The molecule has 0 fully saturated rings. The minimum absolute atomic E-state index is 0.0488. The van der Waals surface area contributed by atoms with Crippen LogP contribution < -0.4 is 29.1 Å². The van der Waals surface area contributed by atoms with Gasteiger partial charge in [-0.15, -0.1) is 10.2 Å². The topological polar surface area (TPSA) is 118 Å². The molecule has 12 heteroatoms. The van der Waals surface area contributed by atoms with Crippen LogP contribution in [0.5, 0.6) is 28.7 Å². The van der Waals surface area contributed by atoms with Crippen LogP contribution in [0.4, 0.5) is 0 Å². The van der Waals surface area contributed by atoms with Crippen LogP contribution in [0.2, 0.25) is 0 Å². The molecule has 46 heavy (non-hydrogen) atoms. The number of methoxy groups -OCH3 is 4. The van der Waals surface area contributed by atoms with Crippen LogP contribution in [0.15, 0.2) is 101 Å². The summed E-state index contributed by atoms with van der Waals surface area (Å²) in [4.78, 5) is 12.8. The normalized spacial score (nSPS) is 10.9. The molecule has 0 spiro atoms. The van der Waals surface area contributed by atoms with Gasteiger partial charge in [0.05, 0.1) is 40.4 Å². The lowest BCUT2D eigenvalue weighted by Gasteiger charge is -2.15. The summed E-state index contributed by atoms with van der Waals surface area (Å²) >= 11 is 1.23. The van der Waals surface area contributed by atoms with Crippen molar-refractivity contribution in [2.24, 2.45) is 5.10 Å². The molecule has 0 aliphatic carbocycles. The Labute approximate surface area is 271 Å². The molecule has 0 radical (unpaired) electrons. The number of hydrogen-bond donors (Lipinski definition) is 1. The molecular weight excluding hydrogens is 606 g/mol. The first-order chi connectivity index (χ1) is 22.5. The zero-order chi connectivity index (χ0) is 32.3. The van der Waals surface area contributed by atoms with Crippen LogP contribution in [0.3, 0.4) is 0 Å². The molecular formula is C34H33N5O6S. The lowest BCUT2D eigenvalue weighted by molar-refractivity contribution is -0.118. The van der Waals surface area contributed by atoms with Crippen molar-refractivity contribution < 1.29 is 28.5 Å². The van der Waals surface area contributed by atoms with E-state index < -0.39 is 0 Å².